The number of hydrogen-bond donors (Lipinski definition) is 0. The zero-order valence-electron chi connectivity index (χ0n) is 16.2. The monoisotopic (exact) mass is 432 g/mol. The zero-order valence-corrected chi connectivity index (χ0v) is 17.8. The Morgan fingerprint density at radius 3 is 2.52 bits per heavy atom. The Labute approximate surface area is 170 Å². The number of aromatic nitrogens is 1. The lowest BCUT2D eigenvalue weighted by Gasteiger charge is -2.33. The molecule has 27 heavy (non-hydrogen) atoms. The third-order valence-corrected chi connectivity index (χ3v) is 5.82. The van der Waals surface area contributed by atoms with E-state index in [0.717, 1.165) is 38.0 Å². The Kier molecular flexibility index (Phi) is 7.13. The molecule has 2 aromatic rings. The van der Waals surface area contributed by atoms with E-state index in [1.165, 1.54) is 6.54 Å². The van der Waals surface area contributed by atoms with Crippen molar-refractivity contribution in [2.75, 3.05) is 19.6 Å². The molecule has 0 amide bonds. The molecule has 2 heterocycles. The Morgan fingerprint density at radius 1 is 1.15 bits per heavy atom. The van der Waals surface area contributed by atoms with E-state index in [1.807, 2.05) is 47.2 Å². The Hall–Kier alpha value is -1.59. The first-order valence-corrected chi connectivity index (χ1v) is 10.6. The molecule has 0 unspecified atom stereocenters. The van der Waals surface area contributed by atoms with Crippen LogP contribution in [0.3, 0.4) is 0 Å². The summed E-state index contributed by atoms with van der Waals surface area (Å²) >= 11 is 3.44. The summed E-state index contributed by atoms with van der Waals surface area (Å²) in [5.74, 6) is 1.88. The van der Waals surface area contributed by atoms with Crippen molar-refractivity contribution in [1.82, 2.24) is 9.47 Å². The second kappa shape index (κ2) is 9.56. The van der Waals surface area contributed by atoms with Gasteiger partial charge in [-0.2, -0.15) is 0 Å². The molecule has 1 aliphatic rings. The fraction of sp³-hybridized carbons (Fsp3) is 0.500. The summed E-state index contributed by atoms with van der Waals surface area (Å²) in [7, 11) is 0. The lowest BCUT2D eigenvalue weighted by atomic mass is 9.96. The number of rotatable bonds is 7. The van der Waals surface area contributed by atoms with Gasteiger partial charge < -0.3 is 14.2 Å². The van der Waals surface area contributed by atoms with Gasteiger partial charge in [0.15, 0.2) is 0 Å². The molecule has 4 nitrogen and oxygen atoms in total. The van der Waals surface area contributed by atoms with Crippen LogP contribution in [0, 0.1) is 11.8 Å². The maximum absolute atomic E-state index is 12.7. The highest BCUT2D eigenvalue weighted by Gasteiger charge is 2.21. The molecule has 0 atom stereocenters. The van der Waals surface area contributed by atoms with Crippen LogP contribution in [0.2, 0.25) is 0 Å². The number of benzene rings is 1. The highest BCUT2D eigenvalue weighted by atomic mass is 79.9. The van der Waals surface area contributed by atoms with Crippen LogP contribution < -0.4 is 10.3 Å². The van der Waals surface area contributed by atoms with Crippen molar-refractivity contribution in [3.05, 3.63) is 63.0 Å². The SMILES string of the molecule is CC(C)CN1CCC(Cn2ccc(OCc3ccccc3)c(Br)c2=O)CC1. The minimum Gasteiger partial charge on any atom is -0.487 e. The minimum atomic E-state index is -0.00910. The van der Waals surface area contributed by atoms with Crippen LogP contribution in [0.5, 0.6) is 5.75 Å². The smallest absolute Gasteiger partial charge is 0.268 e. The standard InChI is InChI=1S/C22H29BrN2O2/c1-17(2)14-24-11-8-18(9-12-24)15-25-13-10-20(21(23)22(25)26)27-16-19-6-4-3-5-7-19/h3-7,10,13,17-18H,8-9,11-12,14-16H2,1-2H3. The topological polar surface area (TPSA) is 34.5 Å². The number of ether oxygens (including phenoxy) is 1. The van der Waals surface area contributed by atoms with Gasteiger partial charge in [-0.1, -0.05) is 44.2 Å². The molecule has 1 fully saturated rings. The van der Waals surface area contributed by atoms with Crippen LogP contribution in [-0.2, 0) is 13.2 Å². The summed E-state index contributed by atoms with van der Waals surface area (Å²) in [5.41, 5.74) is 1.08. The number of halogens is 1. The maximum Gasteiger partial charge on any atom is 0.268 e. The molecular weight excluding hydrogens is 404 g/mol. The minimum absolute atomic E-state index is 0.00910. The van der Waals surface area contributed by atoms with E-state index in [-0.39, 0.29) is 5.56 Å². The molecule has 5 heteroatoms. The summed E-state index contributed by atoms with van der Waals surface area (Å²) in [6.07, 6.45) is 4.18. The third kappa shape index (κ3) is 5.69. The number of pyridine rings is 1. The summed E-state index contributed by atoms with van der Waals surface area (Å²) in [5, 5.41) is 0. The van der Waals surface area contributed by atoms with Gasteiger partial charge in [0.1, 0.15) is 16.8 Å². The lowest BCUT2D eigenvalue weighted by molar-refractivity contribution is 0.158. The van der Waals surface area contributed by atoms with Gasteiger partial charge in [-0.25, -0.2) is 0 Å². The average Bonchev–Trinajstić information content (AvgIpc) is 2.67. The van der Waals surface area contributed by atoms with Gasteiger partial charge in [0.05, 0.1) is 0 Å². The molecule has 1 aromatic carbocycles. The van der Waals surface area contributed by atoms with Crippen molar-refractivity contribution < 1.29 is 4.74 Å². The molecule has 0 radical (unpaired) electrons. The van der Waals surface area contributed by atoms with Crippen molar-refractivity contribution in [2.24, 2.45) is 11.8 Å². The van der Waals surface area contributed by atoms with E-state index in [2.05, 4.69) is 34.7 Å². The highest BCUT2D eigenvalue weighted by molar-refractivity contribution is 9.10. The van der Waals surface area contributed by atoms with Crippen LogP contribution in [0.15, 0.2) is 51.9 Å². The van der Waals surface area contributed by atoms with Gasteiger partial charge in [-0.3, -0.25) is 4.79 Å². The lowest BCUT2D eigenvalue weighted by Crippen LogP contribution is -2.38. The van der Waals surface area contributed by atoms with Crippen LogP contribution in [0.4, 0.5) is 0 Å². The van der Waals surface area contributed by atoms with Gasteiger partial charge in [0, 0.05) is 19.3 Å². The number of likely N-dealkylation sites (tertiary alicyclic amines) is 1. The highest BCUT2D eigenvalue weighted by Crippen LogP contribution is 2.23. The molecule has 0 N–H and O–H groups in total. The predicted molar refractivity (Wildman–Crippen MR) is 113 cm³/mol. The van der Waals surface area contributed by atoms with E-state index in [4.69, 9.17) is 4.74 Å². The van der Waals surface area contributed by atoms with Crippen LogP contribution in [0.25, 0.3) is 0 Å². The fourth-order valence-corrected chi connectivity index (χ4v) is 4.14. The Morgan fingerprint density at radius 2 is 1.85 bits per heavy atom. The van der Waals surface area contributed by atoms with E-state index >= 15 is 0 Å². The molecule has 0 aliphatic carbocycles. The largest absolute Gasteiger partial charge is 0.487 e. The van der Waals surface area contributed by atoms with Gasteiger partial charge >= 0.3 is 0 Å². The maximum atomic E-state index is 12.7. The fourth-order valence-electron chi connectivity index (χ4n) is 3.67. The average molecular weight is 433 g/mol. The molecule has 1 aromatic heterocycles. The predicted octanol–water partition coefficient (Wildman–Crippen LogP) is 4.56. The molecule has 146 valence electrons. The van der Waals surface area contributed by atoms with Crippen molar-refractivity contribution >= 4 is 15.9 Å². The summed E-state index contributed by atoms with van der Waals surface area (Å²) in [4.78, 5) is 15.3. The Bertz CT molecular complexity index is 781. The number of piperidine rings is 1. The van der Waals surface area contributed by atoms with Gasteiger partial charge in [-0.05, 0) is 65.3 Å². The zero-order chi connectivity index (χ0) is 19.2. The van der Waals surface area contributed by atoms with Crippen molar-refractivity contribution in [3.8, 4) is 5.75 Å². The van der Waals surface area contributed by atoms with Gasteiger partial charge in [0.2, 0.25) is 0 Å². The molecule has 0 saturated carbocycles. The quantitative estimate of drug-likeness (QED) is 0.642. The number of nitrogens with zero attached hydrogens (tertiary/aromatic N) is 2. The summed E-state index contributed by atoms with van der Waals surface area (Å²) < 4.78 is 8.17. The van der Waals surface area contributed by atoms with Gasteiger partial charge in [-0.15, -0.1) is 0 Å². The van der Waals surface area contributed by atoms with Crippen molar-refractivity contribution in [2.45, 2.75) is 39.8 Å². The first-order valence-electron chi connectivity index (χ1n) is 9.81. The van der Waals surface area contributed by atoms with Crippen molar-refractivity contribution in [1.29, 1.82) is 0 Å². The molecule has 1 saturated heterocycles. The normalized spacial score (nSPS) is 16.0. The van der Waals surface area contributed by atoms with E-state index in [1.54, 1.807) is 0 Å². The summed E-state index contributed by atoms with van der Waals surface area (Å²) in [6.45, 7) is 9.22. The van der Waals surface area contributed by atoms with Crippen LogP contribution >= 0.6 is 15.9 Å². The van der Waals surface area contributed by atoms with E-state index in [9.17, 15) is 4.79 Å². The van der Waals surface area contributed by atoms with Crippen molar-refractivity contribution in [3.63, 3.8) is 0 Å². The second-order valence-electron chi connectivity index (χ2n) is 7.86. The van der Waals surface area contributed by atoms with E-state index in [0.29, 0.717) is 28.7 Å². The number of hydrogen-bond acceptors (Lipinski definition) is 3. The second-order valence-corrected chi connectivity index (χ2v) is 8.66. The van der Waals surface area contributed by atoms with E-state index < -0.39 is 0 Å². The molecule has 0 bridgehead atoms. The first kappa shape index (κ1) is 20.2. The molecule has 1 aliphatic heterocycles. The molecule has 0 spiro atoms. The summed E-state index contributed by atoms with van der Waals surface area (Å²) in [6, 6.07) is 11.9. The first-order chi connectivity index (χ1) is 13.0. The third-order valence-electron chi connectivity index (χ3n) is 5.09. The molecular formula is C22H29BrN2O2. The van der Waals surface area contributed by atoms with Crippen LogP contribution in [-0.4, -0.2) is 29.1 Å². The Balaban J connectivity index is 1.58. The molecule has 3 rings (SSSR count). The van der Waals surface area contributed by atoms with Crippen LogP contribution in [0.1, 0.15) is 32.3 Å². The van der Waals surface area contributed by atoms with Gasteiger partial charge in [0.25, 0.3) is 5.56 Å².